The quantitative estimate of drug-likeness (QED) is 0.877. The highest BCUT2D eigenvalue weighted by Crippen LogP contribution is 2.21. The van der Waals surface area contributed by atoms with Crippen molar-refractivity contribution in [3.8, 4) is 0 Å². The van der Waals surface area contributed by atoms with Crippen LogP contribution in [0.25, 0.3) is 11.0 Å². The van der Waals surface area contributed by atoms with Gasteiger partial charge < -0.3 is 14.3 Å². The molecule has 0 unspecified atom stereocenters. The minimum Gasteiger partial charge on any atom is -0.464 e. The van der Waals surface area contributed by atoms with E-state index in [1.54, 1.807) is 0 Å². The van der Waals surface area contributed by atoms with Crippen LogP contribution < -0.4 is 0 Å². The van der Waals surface area contributed by atoms with Crippen LogP contribution in [0.15, 0.2) is 34.9 Å². The molecule has 0 spiro atoms. The Bertz CT molecular complexity index is 592. The summed E-state index contributed by atoms with van der Waals surface area (Å²) in [6.07, 6.45) is 1.47. The van der Waals surface area contributed by atoms with Crippen LogP contribution in [0.1, 0.15) is 5.56 Å². The summed E-state index contributed by atoms with van der Waals surface area (Å²) in [4.78, 5) is 4.40. The van der Waals surface area contributed by atoms with Gasteiger partial charge in [0, 0.05) is 43.7 Å². The minimum absolute atomic E-state index is 0.346. The van der Waals surface area contributed by atoms with Crippen LogP contribution in [0, 0.1) is 0 Å². The van der Waals surface area contributed by atoms with Crippen molar-refractivity contribution in [3.63, 3.8) is 0 Å². The predicted octanol–water partition coefficient (Wildman–Crippen LogP) is 1.56. The molecule has 0 amide bonds. The first-order valence-corrected chi connectivity index (χ1v) is 7.84. The van der Waals surface area contributed by atoms with Gasteiger partial charge in [-0.05, 0) is 13.1 Å². The first kappa shape index (κ1) is 15.5. The van der Waals surface area contributed by atoms with Crippen LogP contribution in [0.4, 0.5) is 0 Å². The normalized spacial score (nSPS) is 18.1. The second-order valence-corrected chi connectivity index (χ2v) is 6.02. The topological polar surface area (TPSA) is 49.1 Å². The summed E-state index contributed by atoms with van der Waals surface area (Å²) in [6, 6.07) is 8.05. The number of hydrogen-bond donors (Lipinski definition) is 1. The summed E-state index contributed by atoms with van der Waals surface area (Å²) in [5.41, 5.74) is 2.08. The highest BCUT2D eigenvalue weighted by Gasteiger charge is 2.17. The molecule has 0 aliphatic carbocycles. The summed E-state index contributed by atoms with van der Waals surface area (Å²) in [6.45, 7) is 5.49. The molecule has 2 heterocycles. The summed E-state index contributed by atoms with van der Waals surface area (Å²) in [5.74, 6) is 0. The fraction of sp³-hybridized carbons (Fsp3) is 0.529. The number of likely N-dealkylation sites (N-methyl/N-ethyl adjacent to an activating group) is 1. The van der Waals surface area contributed by atoms with Gasteiger partial charge in [-0.1, -0.05) is 18.2 Å². The predicted molar refractivity (Wildman–Crippen MR) is 85.8 cm³/mol. The monoisotopic (exact) mass is 304 g/mol. The van der Waals surface area contributed by atoms with E-state index in [-0.39, 0.29) is 6.10 Å². The third-order valence-electron chi connectivity index (χ3n) is 4.10. The first-order chi connectivity index (χ1) is 10.7. The molecule has 1 aromatic carbocycles. The van der Waals surface area contributed by atoms with Crippen molar-refractivity contribution < 1.29 is 14.3 Å². The van der Waals surface area contributed by atoms with Crippen LogP contribution in [0.5, 0.6) is 0 Å². The van der Waals surface area contributed by atoms with Crippen molar-refractivity contribution in [1.29, 1.82) is 0 Å². The number of furan rings is 1. The lowest BCUT2D eigenvalue weighted by Gasteiger charge is -2.30. The molecule has 5 nitrogen and oxygen atoms in total. The van der Waals surface area contributed by atoms with Crippen LogP contribution in [0.2, 0.25) is 0 Å². The van der Waals surface area contributed by atoms with Crippen molar-refractivity contribution in [1.82, 2.24) is 9.80 Å². The lowest BCUT2D eigenvalue weighted by Crippen LogP contribution is -2.43. The van der Waals surface area contributed by atoms with E-state index in [0.717, 1.165) is 49.4 Å². The number of rotatable bonds is 6. The van der Waals surface area contributed by atoms with Crippen molar-refractivity contribution in [2.45, 2.75) is 12.6 Å². The Labute approximate surface area is 131 Å². The van der Waals surface area contributed by atoms with Gasteiger partial charge in [-0.3, -0.25) is 9.80 Å². The second-order valence-electron chi connectivity index (χ2n) is 6.02. The van der Waals surface area contributed by atoms with E-state index in [4.69, 9.17) is 9.15 Å². The van der Waals surface area contributed by atoms with Crippen molar-refractivity contribution in [2.75, 3.05) is 46.4 Å². The number of nitrogens with zero attached hydrogens (tertiary/aromatic N) is 2. The Kier molecular flexibility index (Phi) is 5.10. The van der Waals surface area contributed by atoms with Crippen LogP contribution in [-0.4, -0.2) is 67.5 Å². The zero-order chi connectivity index (χ0) is 15.4. The molecule has 1 N–H and O–H groups in total. The number of benzene rings is 1. The van der Waals surface area contributed by atoms with Crippen molar-refractivity contribution in [3.05, 3.63) is 36.1 Å². The van der Waals surface area contributed by atoms with Gasteiger partial charge in [0.1, 0.15) is 5.58 Å². The van der Waals surface area contributed by atoms with E-state index >= 15 is 0 Å². The fourth-order valence-corrected chi connectivity index (χ4v) is 3.01. The Morgan fingerprint density at radius 1 is 1.27 bits per heavy atom. The average Bonchev–Trinajstić information content (AvgIpc) is 2.91. The molecule has 1 aliphatic heterocycles. The molecule has 1 atom stereocenters. The molecule has 1 aliphatic rings. The smallest absolute Gasteiger partial charge is 0.134 e. The molecule has 1 saturated heterocycles. The molecule has 2 aromatic rings. The Balaban J connectivity index is 1.52. The molecular weight excluding hydrogens is 280 g/mol. The van der Waals surface area contributed by atoms with Gasteiger partial charge in [0.05, 0.1) is 25.6 Å². The van der Waals surface area contributed by atoms with Crippen LogP contribution in [0.3, 0.4) is 0 Å². The molecule has 0 saturated carbocycles. The number of β-amino-alcohol motifs (C(OH)–C–C–N with tert-alkyl or cyclic N) is 1. The average molecular weight is 304 g/mol. The van der Waals surface area contributed by atoms with Crippen LogP contribution >= 0.6 is 0 Å². The maximum Gasteiger partial charge on any atom is 0.134 e. The zero-order valence-electron chi connectivity index (χ0n) is 13.1. The van der Waals surface area contributed by atoms with E-state index < -0.39 is 0 Å². The Morgan fingerprint density at radius 2 is 2.05 bits per heavy atom. The molecule has 1 aromatic heterocycles. The van der Waals surface area contributed by atoms with E-state index in [9.17, 15) is 5.11 Å². The molecule has 0 radical (unpaired) electrons. The van der Waals surface area contributed by atoms with Gasteiger partial charge >= 0.3 is 0 Å². The van der Waals surface area contributed by atoms with E-state index in [1.165, 1.54) is 0 Å². The molecule has 1 fully saturated rings. The summed E-state index contributed by atoms with van der Waals surface area (Å²) in [7, 11) is 2.03. The molecule has 3 rings (SSSR count). The number of ether oxygens (including phenoxy) is 1. The van der Waals surface area contributed by atoms with Crippen LogP contribution in [-0.2, 0) is 11.3 Å². The molecule has 120 valence electrons. The zero-order valence-corrected chi connectivity index (χ0v) is 13.1. The molecular formula is C17H24N2O3. The Morgan fingerprint density at radius 3 is 2.86 bits per heavy atom. The fourth-order valence-electron chi connectivity index (χ4n) is 3.01. The lowest BCUT2D eigenvalue weighted by molar-refractivity contribution is 0.00826. The third kappa shape index (κ3) is 3.87. The second kappa shape index (κ2) is 7.24. The molecule has 22 heavy (non-hydrogen) atoms. The largest absolute Gasteiger partial charge is 0.464 e. The highest BCUT2D eigenvalue weighted by molar-refractivity contribution is 5.80. The van der Waals surface area contributed by atoms with Gasteiger partial charge in [-0.25, -0.2) is 0 Å². The van der Waals surface area contributed by atoms with E-state index in [0.29, 0.717) is 13.1 Å². The van der Waals surface area contributed by atoms with Gasteiger partial charge in [0.25, 0.3) is 0 Å². The Hall–Kier alpha value is -1.40. The van der Waals surface area contributed by atoms with Crippen molar-refractivity contribution in [2.24, 2.45) is 0 Å². The summed E-state index contributed by atoms with van der Waals surface area (Å²) < 4.78 is 10.9. The minimum atomic E-state index is -0.346. The lowest BCUT2D eigenvalue weighted by atomic mass is 10.1. The van der Waals surface area contributed by atoms with Gasteiger partial charge in [-0.2, -0.15) is 0 Å². The van der Waals surface area contributed by atoms with E-state index in [1.807, 2.05) is 31.5 Å². The van der Waals surface area contributed by atoms with Gasteiger partial charge in [0.15, 0.2) is 0 Å². The van der Waals surface area contributed by atoms with Crippen molar-refractivity contribution >= 4 is 11.0 Å². The maximum atomic E-state index is 10.3. The van der Waals surface area contributed by atoms with E-state index in [2.05, 4.69) is 15.9 Å². The highest BCUT2D eigenvalue weighted by atomic mass is 16.5. The van der Waals surface area contributed by atoms with Gasteiger partial charge in [-0.15, -0.1) is 0 Å². The molecule has 0 bridgehead atoms. The number of aliphatic hydroxyl groups excluding tert-OH is 1. The number of hydrogen-bond acceptors (Lipinski definition) is 5. The standard InChI is InChI=1S/C17H24N2O3/c1-18(11-15(20)12-19-6-8-21-9-7-19)10-14-13-22-17-5-3-2-4-16(14)17/h2-5,13,15,20H,6-12H2,1H3/t15-/m0/s1. The first-order valence-electron chi connectivity index (χ1n) is 7.84. The SMILES string of the molecule is CN(Cc1coc2ccccc12)C[C@H](O)CN1CCOCC1. The van der Waals surface area contributed by atoms with Gasteiger partial charge in [0.2, 0.25) is 0 Å². The number of para-hydroxylation sites is 1. The molecule has 5 heteroatoms. The number of fused-ring (bicyclic) bond motifs is 1. The summed E-state index contributed by atoms with van der Waals surface area (Å²) in [5, 5.41) is 11.4. The number of morpholine rings is 1. The summed E-state index contributed by atoms with van der Waals surface area (Å²) >= 11 is 0. The maximum absolute atomic E-state index is 10.3. The number of aliphatic hydroxyl groups is 1. The third-order valence-corrected chi connectivity index (χ3v) is 4.10.